The monoisotopic (exact) mass is 267 g/mol. The van der Waals surface area contributed by atoms with E-state index >= 15 is 0 Å². The number of carbonyl (C=O) groups is 2. The molecule has 1 saturated heterocycles. The fourth-order valence-corrected chi connectivity index (χ4v) is 2.04. The summed E-state index contributed by atoms with van der Waals surface area (Å²) in [4.78, 5) is 24.6. The number of rotatable bonds is 6. The van der Waals surface area contributed by atoms with Crippen molar-refractivity contribution >= 4 is 12.0 Å². The van der Waals surface area contributed by atoms with Crippen molar-refractivity contribution in [2.45, 2.75) is 31.7 Å². The highest BCUT2D eigenvalue weighted by Crippen LogP contribution is 2.07. The van der Waals surface area contributed by atoms with E-state index in [1.165, 1.54) is 19.3 Å². The van der Waals surface area contributed by atoms with Crippen molar-refractivity contribution in [3.8, 4) is 12.3 Å². The molecular formula is C13H21N3O3. The van der Waals surface area contributed by atoms with Crippen LogP contribution in [-0.4, -0.2) is 54.2 Å². The Hall–Kier alpha value is -1.74. The molecule has 0 radical (unpaired) electrons. The number of likely N-dealkylation sites (tertiary alicyclic amines) is 1. The maximum atomic E-state index is 11.5. The van der Waals surface area contributed by atoms with Crippen molar-refractivity contribution in [2.75, 3.05) is 26.2 Å². The van der Waals surface area contributed by atoms with Gasteiger partial charge in [-0.2, -0.15) is 0 Å². The second-order valence-corrected chi connectivity index (χ2v) is 4.60. The lowest BCUT2D eigenvalue weighted by Crippen LogP contribution is -2.47. The normalized spacial score (nSPS) is 17.2. The predicted octanol–water partition coefficient (Wildman–Crippen LogP) is 0.248. The molecule has 0 saturated carbocycles. The van der Waals surface area contributed by atoms with Crippen LogP contribution in [0.5, 0.6) is 0 Å². The number of aliphatic carboxylic acids is 1. The Morgan fingerprint density at radius 1 is 1.32 bits per heavy atom. The Kier molecular flexibility index (Phi) is 6.75. The molecular weight excluding hydrogens is 246 g/mol. The number of amides is 2. The minimum absolute atomic E-state index is 0.0190. The largest absolute Gasteiger partial charge is 0.480 e. The summed E-state index contributed by atoms with van der Waals surface area (Å²) in [6.07, 6.45) is 8.71. The zero-order chi connectivity index (χ0) is 14.1. The van der Waals surface area contributed by atoms with Crippen molar-refractivity contribution in [2.24, 2.45) is 0 Å². The fourth-order valence-electron chi connectivity index (χ4n) is 2.04. The third kappa shape index (κ3) is 6.11. The molecule has 0 aliphatic carbocycles. The number of hydrogen-bond acceptors (Lipinski definition) is 3. The molecule has 0 aromatic heterocycles. The first-order valence-electron chi connectivity index (χ1n) is 6.56. The molecule has 106 valence electrons. The molecule has 1 atom stereocenters. The topological polar surface area (TPSA) is 81.7 Å². The van der Waals surface area contributed by atoms with E-state index in [1.54, 1.807) is 0 Å². The van der Waals surface area contributed by atoms with E-state index in [-0.39, 0.29) is 6.42 Å². The van der Waals surface area contributed by atoms with Crippen LogP contribution in [-0.2, 0) is 4.79 Å². The minimum Gasteiger partial charge on any atom is -0.480 e. The number of piperidine rings is 1. The van der Waals surface area contributed by atoms with Crippen LogP contribution in [0.1, 0.15) is 25.7 Å². The zero-order valence-electron chi connectivity index (χ0n) is 11.0. The Labute approximate surface area is 113 Å². The molecule has 1 fully saturated rings. The lowest BCUT2D eigenvalue weighted by atomic mass is 10.1. The van der Waals surface area contributed by atoms with Crippen LogP contribution in [0.15, 0.2) is 0 Å². The van der Waals surface area contributed by atoms with Crippen LogP contribution in [0, 0.1) is 12.3 Å². The van der Waals surface area contributed by atoms with Gasteiger partial charge in [-0.25, -0.2) is 9.59 Å². The highest BCUT2D eigenvalue weighted by Gasteiger charge is 2.18. The van der Waals surface area contributed by atoms with Gasteiger partial charge >= 0.3 is 12.0 Å². The summed E-state index contributed by atoms with van der Waals surface area (Å²) in [6.45, 7) is 3.44. The molecule has 6 nitrogen and oxygen atoms in total. The maximum absolute atomic E-state index is 11.5. The molecule has 1 aliphatic rings. The van der Waals surface area contributed by atoms with Crippen molar-refractivity contribution in [1.29, 1.82) is 0 Å². The molecule has 2 amide bonds. The van der Waals surface area contributed by atoms with Crippen LogP contribution < -0.4 is 10.6 Å². The highest BCUT2D eigenvalue weighted by molar-refractivity contribution is 5.82. The molecule has 0 aromatic carbocycles. The van der Waals surface area contributed by atoms with E-state index in [0.29, 0.717) is 6.54 Å². The van der Waals surface area contributed by atoms with Gasteiger partial charge < -0.3 is 20.6 Å². The summed E-state index contributed by atoms with van der Waals surface area (Å²) in [5.41, 5.74) is 0. The molecule has 0 bridgehead atoms. The van der Waals surface area contributed by atoms with Gasteiger partial charge in [-0.15, -0.1) is 12.3 Å². The molecule has 1 rings (SSSR count). The van der Waals surface area contributed by atoms with Crippen LogP contribution >= 0.6 is 0 Å². The average molecular weight is 267 g/mol. The highest BCUT2D eigenvalue weighted by atomic mass is 16.4. The number of carbonyl (C=O) groups excluding carboxylic acids is 1. The Morgan fingerprint density at radius 3 is 2.58 bits per heavy atom. The lowest BCUT2D eigenvalue weighted by Gasteiger charge is -2.26. The van der Waals surface area contributed by atoms with Gasteiger partial charge in [0.05, 0.1) is 0 Å². The van der Waals surface area contributed by atoms with E-state index in [1.807, 2.05) is 0 Å². The molecule has 0 spiro atoms. The van der Waals surface area contributed by atoms with Crippen LogP contribution in [0.4, 0.5) is 4.79 Å². The zero-order valence-corrected chi connectivity index (χ0v) is 11.0. The van der Waals surface area contributed by atoms with Gasteiger partial charge in [0.25, 0.3) is 0 Å². The second-order valence-electron chi connectivity index (χ2n) is 4.60. The Bertz CT molecular complexity index is 346. The Morgan fingerprint density at radius 2 is 2.00 bits per heavy atom. The number of nitrogens with zero attached hydrogens (tertiary/aromatic N) is 1. The van der Waals surface area contributed by atoms with Gasteiger partial charge in [0.1, 0.15) is 6.04 Å². The van der Waals surface area contributed by atoms with Crippen molar-refractivity contribution in [3.63, 3.8) is 0 Å². The predicted molar refractivity (Wildman–Crippen MR) is 71.7 cm³/mol. The van der Waals surface area contributed by atoms with E-state index in [9.17, 15) is 9.59 Å². The standard InChI is InChI=1S/C13H21N3O3/c1-2-6-11(12(17)18)15-13(19)14-7-10-16-8-4-3-5-9-16/h1,11H,3-10H2,(H,17,18)(H2,14,15,19). The SMILES string of the molecule is C#CCC(NC(=O)NCCN1CCCCC1)C(=O)O. The van der Waals surface area contributed by atoms with Crippen molar-refractivity contribution in [3.05, 3.63) is 0 Å². The van der Waals surface area contributed by atoms with Gasteiger partial charge in [0.2, 0.25) is 0 Å². The maximum Gasteiger partial charge on any atom is 0.327 e. The summed E-state index contributed by atoms with van der Waals surface area (Å²) in [5.74, 6) is 1.11. The lowest BCUT2D eigenvalue weighted by molar-refractivity contribution is -0.139. The molecule has 19 heavy (non-hydrogen) atoms. The van der Waals surface area contributed by atoms with Gasteiger partial charge in [0.15, 0.2) is 0 Å². The third-order valence-corrected chi connectivity index (χ3v) is 3.09. The summed E-state index contributed by atoms with van der Waals surface area (Å²) in [6, 6.07) is -1.51. The Balaban J connectivity index is 2.19. The fraction of sp³-hybridized carbons (Fsp3) is 0.692. The van der Waals surface area contributed by atoms with E-state index < -0.39 is 18.0 Å². The van der Waals surface area contributed by atoms with Gasteiger partial charge in [0, 0.05) is 19.5 Å². The second kappa shape index (κ2) is 8.38. The number of carboxylic acids is 1. The van der Waals surface area contributed by atoms with Gasteiger partial charge in [-0.3, -0.25) is 0 Å². The number of hydrogen-bond donors (Lipinski definition) is 3. The van der Waals surface area contributed by atoms with Gasteiger partial charge in [-0.1, -0.05) is 6.42 Å². The number of terminal acetylenes is 1. The smallest absolute Gasteiger partial charge is 0.327 e. The summed E-state index contributed by atoms with van der Waals surface area (Å²) < 4.78 is 0. The first-order chi connectivity index (χ1) is 9.13. The summed E-state index contributed by atoms with van der Waals surface area (Å²) in [5, 5.41) is 13.8. The van der Waals surface area contributed by atoms with E-state index in [4.69, 9.17) is 11.5 Å². The van der Waals surface area contributed by atoms with E-state index in [0.717, 1.165) is 19.6 Å². The molecule has 1 heterocycles. The van der Waals surface area contributed by atoms with Crippen LogP contribution in [0.2, 0.25) is 0 Å². The summed E-state index contributed by atoms with van der Waals surface area (Å²) >= 11 is 0. The van der Waals surface area contributed by atoms with Gasteiger partial charge in [-0.05, 0) is 25.9 Å². The molecule has 3 N–H and O–H groups in total. The van der Waals surface area contributed by atoms with Crippen molar-refractivity contribution in [1.82, 2.24) is 15.5 Å². The summed E-state index contributed by atoms with van der Waals surface area (Å²) in [7, 11) is 0. The van der Waals surface area contributed by atoms with Crippen LogP contribution in [0.25, 0.3) is 0 Å². The first-order valence-corrected chi connectivity index (χ1v) is 6.56. The average Bonchev–Trinajstić information content (AvgIpc) is 2.39. The molecule has 1 aliphatic heterocycles. The number of nitrogens with one attached hydrogen (secondary N) is 2. The molecule has 0 aromatic rings. The molecule has 1 unspecified atom stereocenters. The van der Waals surface area contributed by atoms with Crippen LogP contribution in [0.3, 0.4) is 0 Å². The van der Waals surface area contributed by atoms with Crippen molar-refractivity contribution < 1.29 is 14.7 Å². The quantitative estimate of drug-likeness (QED) is 0.602. The molecule has 6 heteroatoms. The number of carboxylic acid groups (broad SMARTS) is 1. The first kappa shape index (κ1) is 15.3. The minimum atomic E-state index is -1.12. The van der Waals surface area contributed by atoms with E-state index in [2.05, 4.69) is 21.5 Å². The number of urea groups is 1. The third-order valence-electron chi connectivity index (χ3n) is 3.09.